The van der Waals surface area contributed by atoms with Crippen LogP contribution in [0.2, 0.25) is 0 Å². The van der Waals surface area contributed by atoms with E-state index in [4.69, 9.17) is 9.47 Å². The quantitative estimate of drug-likeness (QED) is 0.664. The second kappa shape index (κ2) is 9.82. The number of hydrogen-bond acceptors (Lipinski definition) is 6. The molecule has 1 aliphatic heterocycles. The van der Waals surface area contributed by atoms with Gasteiger partial charge in [0.25, 0.3) is 10.0 Å². The van der Waals surface area contributed by atoms with E-state index in [1.807, 2.05) is 0 Å². The monoisotopic (exact) mass is 433 g/mol. The molecule has 0 aromatic heterocycles. The molecule has 1 aliphatic rings. The molecule has 1 saturated heterocycles. The minimum Gasteiger partial charge on any atom is -0.497 e. The van der Waals surface area contributed by atoms with Gasteiger partial charge in [-0.05, 0) is 61.7 Å². The molecule has 1 amide bonds. The lowest BCUT2D eigenvalue weighted by Gasteiger charge is -2.30. The van der Waals surface area contributed by atoms with E-state index in [-0.39, 0.29) is 17.4 Å². The molecule has 0 bridgehead atoms. The number of nitrogens with zero attached hydrogens (tertiary/aromatic N) is 1. The number of nitrogens with one attached hydrogen (secondary N) is 2. The lowest BCUT2D eigenvalue weighted by Crippen LogP contribution is -2.31. The van der Waals surface area contributed by atoms with Gasteiger partial charge in [0, 0.05) is 25.9 Å². The third kappa shape index (κ3) is 5.43. The fourth-order valence-electron chi connectivity index (χ4n) is 3.38. The second-order valence-electron chi connectivity index (χ2n) is 7.04. The Kier molecular flexibility index (Phi) is 7.17. The van der Waals surface area contributed by atoms with Crippen LogP contribution in [0.4, 0.5) is 17.1 Å². The molecule has 3 rings (SSSR count). The average Bonchev–Trinajstić information content (AvgIpc) is 2.75. The van der Waals surface area contributed by atoms with Crippen molar-refractivity contribution in [3.05, 3.63) is 42.5 Å². The lowest BCUT2D eigenvalue weighted by molar-refractivity contribution is -0.119. The summed E-state index contributed by atoms with van der Waals surface area (Å²) in [4.78, 5) is 14.4. The highest BCUT2D eigenvalue weighted by atomic mass is 32.2. The maximum atomic E-state index is 12.9. The van der Waals surface area contributed by atoms with E-state index in [2.05, 4.69) is 14.9 Å². The molecule has 30 heavy (non-hydrogen) atoms. The van der Waals surface area contributed by atoms with Crippen molar-refractivity contribution in [1.82, 2.24) is 0 Å². The summed E-state index contributed by atoms with van der Waals surface area (Å²) in [6, 6.07) is 11.4. The van der Waals surface area contributed by atoms with Crippen molar-refractivity contribution in [2.24, 2.45) is 0 Å². The highest BCUT2D eigenvalue weighted by Gasteiger charge is 2.21. The van der Waals surface area contributed by atoms with Gasteiger partial charge in [-0.25, -0.2) is 8.42 Å². The van der Waals surface area contributed by atoms with Crippen molar-refractivity contribution in [3.63, 3.8) is 0 Å². The summed E-state index contributed by atoms with van der Waals surface area (Å²) in [5.74, 6) is 0.292. The predicted octanol–water partition coefficient (Wildman–Crippen LogP) is 3.07. The van der Waals surface area contributed by atoms with E-state index < -0.39 is 10.0 Å². The topological polar surface area (TPSA) is 97.0 Å². The Bertz CT molecular complexity index is 971. The summed E-state index contributed by atoms with van der Waals surface area (Å²) in [5, 5.41) is 2.79. The first-order chi connectivity index (χ1) is 14.4. The molecule has 9 heteroatoms. The van der Waals surface area contributed by atoms with Crippen LogP contribution in [0.3, 0.4) is 0 Å². The zero-order valence-electron chi connectivity index (χ0n) is 17.2. The summed E-state index contributed by atoms with van der Waals surface area (Å²) < 4.78 is 38.4. The summed E-state index contributed by atoms with van der Waals surface area (Å²) in [7, 11) is -0.863. The number of carbonyl (C=O) groups is 1. The van der Waals surface area contributed by atoms with Crippen LogP contribution in [0.5, 0.6) is 5.75 Å². The maximum absolute atomic E-state index is 12.9. The van der Waals surface area contributed by atoms with Crippen LogP contribution in [0.15, 0.2) is 47.4 Å². The molecular weight excluding hydrogens is 406 g/mol. The SMILES string of the molecule is COCC(=O)Nc1cc(S(=O)(=O)Nc2ccc(OC)cc2)ccc1N1CCCCC1. The van der Waals surface area contributed by atoms with Crippen molar-refractivity contribution in [2.45, 2.75) is 24.2 Å². The number of benzene rings is 2. The number of rotatable bonds is 8. The number of amides is 1. The van der Waals surface area contributed by atoms with Gasteiger partial charge in [0.05, 0.1) is 23.4 Å². The van der Waals surface area contributed by atoms with Crippen LogP contribution in [-0.4, -0.2) is 48.2 Å². The highest BCUT2D eigenvalue weighted by molar-refractivity contribution is 7.92. The lowest BCUT2D eigenvalue weighted by atomic mass is 10.1. The molecule has 162 valence electrons. The third-order valence-corrected chi connectivity index (χ3v) is 6.25. The minimum atomic E-state index is -3.84. The van der Waals surface area contributed by atoms with E-state index >= 15 is 0 Å². The fraction of sp³-hybridized carbons (Fsp3) is 0.381. The van der Waals surface area contributed by atoms with Gasteiger partial charge in [0.2, 0.25) is 5.91 Å². The molecule has 1 heterocycles. The number of piperidine rings is 1. The van der Waals surface area contributed by atoms with E-state index in [9.17, 15) is 13.2 Å². The molecule has 0 unspecified atom stereocenters. The summed E-state index contributed by atoms with van der Waals surface area (Å²) in [6.45, 7) is 1.62. The number of anilines is 3. The van der Waals surface area contributed by atoms with Crippen molar-refractivity contribution in [3.8, 4) is 5.75 Å². The van der Waals surface area contributed by atoms with Crippen molar-refractivity contribution < 1.29 is 22.7 Å². The molecule has 8 nitrogen and oxygen atoms in total. The fourth-order valence-corrected chi connectivity index (χ4v) is 4.47. The Morgan fingerprint density at radius 2 is 1.73 bits per heavy atom. The van der Waals surface area contributed by atoms with E-state index in [1.165, 1.54) is 19.6 Å². The van der Waals surface area contributed by atoms with Gasteiger partial charge in [-0.15, -0.1) is 0 Å². The van der Waals surface area contributed by atoms with E-state index in [1.54, 1.807) is 43.5 Å². The molecule has 0 spiro atoms. The molecule has 0 saturated carbocycles. The molecular formula is C21H27N3O5S. The molecule has 2 aromatic rings. The summed E-state index contributed by atoms with van der Waals surface area (Å²) in [6.07, 6.45) is 3.29. The smallest absolute Gasteiger partial charge is 0.261 e. The van der Waals surface area contributed by atoms with Gasteiger partial charge in [-0.2, -0.15) is 0 Å². The van der Waals surface area contributed by atoms with E-state index in [0.717, 1.165) is 31.6 Å². The van der Waals surface area contributed by atoms with Crippen molar-refractivity contribution in [1.29, 1.82) is 0 Å². The number of hydrogen-bond donors (Lipinski definition) is 2. The Morgan fingerprint density at radius 1 is 1.03 bits per heavy atom. The minimum absolute atomic E-state index is 0.0618. The van der Waals surface area contributed by atoms with Gasteiger partial charge < -0.3 is 19.7 Å². The Labute approximate surface area is 177 Å². The zero-order valence-corrected chi connectivity index (χ0v) is 18.0. The highest BCUT2D eigenvalue weighted by Crippen LogP contribution is 2.32. The maximum Gasteiger partial charge on any atom is 0.261 e. The van der Waals surface area contributed by atoms with Gasteiger partial charge in [0.1, 0.15) is 12.4 Å². The van der Waals surface area contributed by atoms with Crippen LogP contribution in [0, 0.1) is 0 Å². The Hall–Kier alpha value is -2.78. The number of methoxy groups -OCH3 is 2. The standard InChI is InChI=1S/C21H27N3O5S/c1-28-15-21(25)22-19-14-18(10-11-20(19)24-12-4-3-5-13-24)30(26,27)23-16-6-8-17(29-2)9-7-16/h6-11,14,23H,3-5,12-13,15H2,1-2H3,(H,22,25). The Balaban J connectivity index is 1.89. The molecule has 2 aromatic carbocycles. The van der Waals surface area contributed by atoms with Gasteiger partial charge in [-0.1, -0.05) is 0 Å². The van der Waals surface area contributed by atoms with Crippen molar-refractivity contribution in [2.75, 3.05) is 48.9 Å². The van der Waals surface area contributed by atoms with Gasteiger partial charge in [0.15, 0.2) is 0 Å². The molecule has 0 atom stereocenters. The number of carbonyl (C=O) groups excluding carboxylic acids is 1. The summed E-state index contributed by atoms with van der Waals surface area (Å²) in [5.41, 5.74) is 1.68. The van der Waals surface area contributed by atoms with Crippen LogP contribution in [0.25, 0.3) is 0 Å². The van der Waals surface area contributed by atoms with Crippen LogP contribution >= 0.6 is 0 Å². The van der Waals surface area contributed by atoms with Crippen LogP contribution in [-0.2, 0) is 19.6 Å². The Morgan fingerprint density at radius 3 is 2.37 bits per heavy atom. The van der Waals surface area contributed by atoms with Gasteiger partial charge in [-0.3, -0.25) is 9.52 Å². The first-order valence-electron chi connectivity index (χ1n) is 9.77. The zero-order chi connectivity index (χ0) is 21.6. The predicted molar refractivity (Wildman–Crippen MR) is 117 cm³/mol. The van der Waals surface area contributed by atoms with Crippen LogP contribution in [0.1, 0.15) is 19.3 Å². The first-order valence-corrected chi connectivity index (χ1v) is 11.3. The molecule has 1 fully saturated rings. The first kappa shape index (κ1) is 21.9. The third-order valence-electron chi connectivity index (χ3n) is 4.87. The second-order valence-corrected chi connectivity index (χ2v) is 8.72. The molecule has 0 radical (unpaired) electrons. The van der Waals surface area contributed by atoms with E-state index in [0.29, 0.717) is 17.1 Å². The van der Waals surface area contributed by atoms with Crippen molar-refractivity contribution >= 4 is 33.0 Å². The summed E-state index contributed by atoms with van der Waals surface area (Å²) >= 11 is 0. The van der Waals surface area contributed by atoms with Gasteiger partial charge >= 0.3 is 0 Å². The number of ether oxygens (including phenoxy) is 2. The largest absolute Gasteiger partial charge is 0.497 e. The number of sulfonamides is 1. The van der Waals surface area contributed by atoms with Crippen LogP contribution < -0.4 is 19.7 Å². The molecule has 0 aliphatic carbocycles. The normalized spacial score (nSPS) is 14.3. The average molecular weight is 434 g/mol. The molecule has 2 N–H and O–H groups in total.